The zero-order valence-corrected chi connectivity index (χ0v) is 13.1. The van der Waals surface area contributed by atoms with Crippen molar-refractivity contribution in [1.82, 2.24) is 5.32 Å². The van der Waals surface area contributed by atoms with Gasteiger partial charge in [-0.3, -0.25) is 0 Å². The van der Waals surface area contributed by atoms with Crippen LogP contribution in [-0.4, -0.2) is 49.2 Å². The highest BCUT2D eigenvalue weighted by atomic mass is 16.5. The fourth-order valence-corrected chi connectivity index (χ4v) is 3.39. The van der Waals surface area contributed by atoms with E-state index >= 15 is 0 Å². The zero-order valence-electron chi connectivity index (χ0n) is 13.1. The number of rotatable bonds is 10. The van der Waals surface area contributed by atoms with Crippen LogP contribution in [0.25, 0.3) is 0 Å². The first-order valence-corrected chi connectivity index (χ1v) is 8.28. The molecule has 0 aromatic rings. The number of hydrogen-bond acceptors (Lipinski definition) is 4. The van der Waals surface area contributed by atoms with Gasteiger partial charge in [0.25, 0.3) is 0 Å². The lowest BCUT2D eigenvalue weighted by atomic mass is 9.85. The van der Waals surface area contributed by atoms with Gasteiger partial charge in [-0.1, -0.05) is 6.42 Å². The second-order valence-electron chi connectivity index (χ2n) is 6.45. The quantitative estimate of drug-likeness (QED) is 0.645. The highest BCUT2D eigenvalue weighted by Gasteiger charge is 2.44. The summed E-state index contributed by atoms with van der Waals surface area (Å²) in [5, 5.41) is 13.6. The smallest absolute Gasteiger partial charge is 0.0780 e. The van der Waals surface area contributed by atoms with Gasteiger partial charge in [-0.2, -0.15) is 0 Å². The SMILES string of the molecule is CCOCC(C)OCCC1CCCC1(CO)NC1CC1. The molecular formula is C16H31NO3. The van der Waals surface area contributed by atoms with Crippen LogP contribution in [0.2, 0.25) is 0 Å². The average molecular weight is 285 g/mol. The maximum absolute atomic E-state index is 9.86. The van der Waals surface area contributed by atoms with Gasteiger partial charge in [0.05, 0.1) is 19.3 Å². The molecule has 4 nitrogen and oxygen atoms in total. The second-order valence-corrected chi connectivity index (χ2v) is 6.45. The number of hydrogen-bond donors (Lipinski definition) is 2. The van der Waals surface area contributed by atoms with Gasteiger partial charge in [0.15, 0.2) is 0 Å². The van der Waals surface area contributed by atoms with E-state index in [1.807, 2.05) is 6.92 Å². The molecule has 0 heterocycles. The Hall–Kier alpha value is -0.160. The number of aliphatic hydroxyl groups is 1. The standard InChI is InChI=1S/C16H31NO3/c1-3-19-11-13(2)20-10-8-14-5-4-9-16(14,12-18)17-15-6-7-15/h13-15,17-18H,3-12H2,1-2H3. The molecular weight excluding hydrogens is 254 g/mol. The molecule has 0 aliphatic heterocycles. The Bertz CT molecular complexity index is 283. The fourth-order valence-electron chi connectivity index (χ4n) is 3.39. The average Bonchev–Trinajstić information content (AvgIpc) is 3.17. The van der Waals surface area contributed by atoms with Gasteiger partial charge in [0.2, 0.25) is 0 Å². The molecule has 20 heavy (non-hydrogen) atoms. The van der Waals surface area contributed by atoms with Crippen molar-refractivity contribution in [3.63, 3.8) is 0 Å². The maximum Gasteiger partial charge on any atom is 0.0780 e. The lowest BCUT2D eigenvalue weighted by Crippen LogP contribution is -2.52. The molecule has 4 heteroatoms. The van der Waals surface area contributed by atoms with Gasteiger partial charge in [-0.15, -0.1) is 0 Å². The highest BCUT2D eigenvalue weighted by molar-refractivity contribution is 5.02. The van der Waals surface area contributed by atoms with Crippen LogP contribution in [0.15, 0.2) is 0 Å². The maximum atomic E-state index is 9.86. The van der Waals surface area contributed by atoms with Crippen molar-refractivity contribution in [2.45, 2.75) is 70.1 Å². The molecule has 0 aromatic carbocycles. The van der Waals surface area contributed by atoms with Crippen molar-refractivity contribution in [1.29, 1.82) is 0 Å². The fraction of sp³-hybridized carbons (Fsp3) is 1.00. The van der Waals surface area contributed by atoms with E-state index in [1.54, 1.807) is 0 Å². The Morgan fingerprint density at radius 1 is 1.35 bits per heavy atom. The summed E-state index contributed by atoms with van der Waals surface area (Å²) < 4.78 is 11.2. The third kappa shape index (κ3) is 4.42. The summed E-state index contributed by atoms with van der Waals surface area (Å²) in [5.74, 6) is 0.549. The summed E-state index contributed by atoms with van der Waals surface area (Å²) in [5.41, 5.74) is -0.0340. The number of nitrogens with one attached hydrogen (secondary N) is 1. The second kappa shape index (κ2) is 7.74. The van der Waals surface area contributed by atoms with Gasteiger partial charge in [-0.25, -0.2) is 0 Å². The Morgan fingerprint density at radius 2 is 2.15 bits per heavy atom. The van der Waals surface area contributed by atoms with E-state index in [2.05, 4.69) is 12.2 Å². The van der Waals surface area contributed by atoms with Crippen molar-refractivity contribution < 1.29 is 14.6 Å². The largest absolute Gasteiger partial charge is 0.394 e. The van der Waals surface area contributed by atoms with Crippen LogP contribution in [-0.2, 0) is 9.47 Å². The van der Waals surface area contributed by atoms with Crippen molar-refractivity contribution in [3.8, 4) is 0 Å². The van der Waals surface area contributed by atoms with Crippen molar-refractivity contribution >= 4 is 0 Å². The minimum absolute atomic E-state index is 0.0340. The van der Waals surface area contributed by atoms with Crippen LogP contribution in [0.3, 0.4) is 0 Å². The summed E-state index contributed by atoms with van der Waals surface area (Å²) in [6, 6.07) is 0.653. The van der Waals surface area contributed by atoms with E-state index in [1.165, 1.54) is 25.7 Å². The normalized spacial score (nSPS) is 31.6. The first-order chi connectivity index (χ1) is 9.70. The predicted octanol–water partition coefficient (Wildman–Crippen LogP) is 2.10. The Labute approximate surface area is 123 Å². The Balaban J connectivity index is 1.72. The Morgan fingerprint density at radius 3 is 2.80 bits per heavy atom. The zero-order chi connectivity index (χ0) is 14.4. The first kappa shape index (κ1) is 16.2. The van der Waals surface area contributed by atoms with Crippen LogP contribution in [0.4, 0.5) is 0 Å². The minimum Gasteiger partial charge on any atom is -0.394 e. The van der Waals surface area contributed by atoms with E-state index in [-0.39, 0.29) is 18.2 Å². The molecule has 118 valence electrons. The number of aliphatic hydroxyl groups excluding tert-OH is 1. The first-order valence-electron chi connectivity index (χ1n) is 8.28. The minimum atomic E-state index is -0.0340. The highest BCUT2D eigenvalue weighted by Crippen LogP contribution is 2.40. The topological polar surface area (TPSA) is 50.7 Å². The monoisotopic (exact) mass is 285 g/mol. The van der Waals surface area contributed by atoms with Gasteiger partial charge >= 0.3 is 0 Å². The van der Waals surface area contributed by atoms with E-state index in [4.69, 9.17) is 9.47 Å². The molecule has 0 saturated heterocycles. The van der Waals surface area contributed by atoms with Gasteiger partial charge in [0.1, 0.15) is 0 Å². The lowest BCUT2D eigenvalue weighted by molar-refractivity contribution is -0.0128. The van der Waals surface area contributed by atoms with Crippen LogP contribution < -0.4 is 5.32 Å². The van der Waals surface area contributed by atoms with Crippen LogP contribution in [0, 0.1) is 5.92 Å². The molecule has 2 saturated carbocycles. The molecule has 2 aliphatic rings. The van der Waals surface area contributed by atoms with E-state index in [0.717, 1.165) is 26.1 Å². The van der Waals surface area contributed by atoms with Crippen LogP contribution >= 0.6 is 0 Å². The van der Waals surface area contributed by atoms with Gasteiger partial charge in [-0.05, 0) is 51.9 Å². The predicted molar refractivity (Wildman–Crippen MR) is 79.8 cm³/mol. The van der Waals surface area contributed by atoms with Crippen LogP contribution in [0.5, 0.6) is 0 Å². The summed E-state index contributed by atoms with van der Waals surface area (Å²) in [6.45, 7) is 6.52. The van der Waals surface area contributed by atoms with Gasteiger partial charge < -0.3 is 19.9 Å². The molecule has 0 spiro atoms. The molecule has 2 rings (SSSR count). The third-order valence-electron chi connectivity index (χ3n) is 4.73. The Kier molecular flexibility index (Phi) is 6.27. The molecule has 3 unspecified atom stereocenters. The van der Waals surface area contributed by atoms with Crippen molar-refractivity contribution in [3.05, 3.63) is 0 Å². The molecule has 0 radical (unpaired) electrons. The summed E-state index contributed by atoms with van der Waals surface area (Å²) in [7, 11) is 0. The number of ether oxygens (including phenoxy) is 2. The van der Waals surface area contributed by atoms with E-state index in [0.29, 0.717) is 18.6 Å². The van der Waals surface area contributed by atoms with E-state index in [9.17, 15) is 5.11 Å². The molecule has 0 bridgehead atoms. The summed E-state index contributed by atoms with van der Waals surface area (Å²) >= 11 is 0. The van der Waals surface area contributed by atoms with E-state index < -0.39 is 0 Å². The van der Waals surface area contributed by atoms with Gasteiger partial charge in [0, 0.05) is 24.8 Å². The third-order valence-corrected chi connectivity index (χ3v) is 4.73. The summed E-state index contributed by atoms with van der Waals surface area (Å²) in [4.78, 5) is 0. The molecule has 3 atom stereocenters. The lowest BCUT2D eigenvalue weighted by Gasteiger charge is -2.35. The summed E-state index contributed by atoms with van der Waals surface area (Å²) in [6.07, 6.45) is 7.29. The molecule has 0 amide bonds. The molecule has 2 N–H and O–H groups in total. The van der Waals surface area contributed by atoms with Crippen LogP contribution in [0.1, 0.15) is 52.4 Å². The molecule has 2 fully saturated rings. The van der Waals surface area contributed by atoms with Crippen molar-refractivity contribution in [2.75, 3.05) is 26.4 Å². The van der Waals surface area contributed by atoms with Crippen molar-refractivity contribution in [2.24, 2.45) is 5.92 Å². The molecule has 2 aliphatic carbocycles. The molecule has 0 aromatic heterocycles.